The van der Waals surface area contributed by atoms with Crippen molar-refractivity contribution in [1.29, 1.82) is 0 Å². The topological polar surface area (TPSA) is 156 Å². The first-order chi connectivity index (χ1) is 16.6. The van der Waals surface area contributed by atoms with Gasteiger partial charge in [0.1, 0.15) is 4.21 Å². The van der Waals surface area contributed by atoms with Crippen LogP contribution >= 0.6 is 11.3 Å². The minimum Gasteiger partial charge on any atom is -0.383 e. The average Bonchev–Trinajstić information content (AvgIpc) is 3.39. The molecule has 0 radical (unpaired) electrons. The molecule has 3 aromatic rings. The van der Waals surface area contributed by atoms with Gasteiger partial charge in [-0.15, -0.1) is 11.3 Å². The summed E-state index contributed by atoms with van der Waals surface area (Å²) in [6.07, 6.45) is 2.57. The Kier molecular flexibility index (Phi) is 8.69. The van der Waals surface area contributed by atoms with E-state index in [2.05, 4.69) is 25.0 Å². The molecule has 2 heterocycles. The van der Waals surface area contributed by atoms with Gasteiger partial charge in [0, 0.05) is 19.9 Å². The number of hydrazone groups is 1. The number of hydrogen-bond donors (Lipinski definition) is 3. The summed E-state index contributed by atoms with van der Waals surface area (Å²) in [5.41, 5.74) is 3.16. The summed E-state index contributed by atoms with van der Waals surface area (Å²) >= 11 is 1.04. The Labute approximate surface area is 207 Å². The van der Waals surface area contributed by atoms with Crippen molar-refractivity contribution < 1.29 is 26.4 Å². The summed E-state index contributed by atoms with van der Waals surface area (Å²) in [7, 11) is -6.16. The first-order valence-corrected chi connectivity index (χ1v) is 13.9. The molecule has 2 aromatic heterocycles. The number of thiophene rings is 1. The fourth-order valence-corrected chi connectivity index (χ4v) is 5.91. The number of pyridine rings is 1. The average molecular weight is 538 g/mol. The van der Waals surface area contributed by atoms with Crippen LogP contribution in [-0.2, 0) is 24.8 Å². The Balaban J connectivity index is 1.76. The number of carbonyl (C=O) groups is 1. The number of ether oxygens (including phenoxy) is 1. The third-order valence-corrected chi connectivity index (χ3v) is 8.78. The fraction of sp³-hybridized carbons (Fsp3) is 0.190. The Hall–Kier alpha value is -3.17. The molecule has 0 saturated heterocycles. The molecule has 186 valence electrons. The molecule has 0 atom stereocenters. The lowest BCUT2D eigenvalue weighted by Crippen LogP contribution is -2.27. The molecule has 3 N–H and O–H groups in total. The summed E-state index contributed by atoms with van der Waals surface area (Å²) in [6.45, 7) is 1.94. The number of benzene rings is 1. The van der Waals surface area contributed by atoms with E-state index >= 15 is 0 Å². The molecule has 0 aliphatic rings. The Morgan fingerprint density at radius 2 is 1.91 bits per heavy atom. The van der Waals surface area contributed by atoms with E-state index in [9.17, 15) is 21.6 Å². The van der Waals surface area contributed by atoms with Gasteiger partial charge in [0.25, 0.3) is 15.9 Å². The van der Waals surface area contributed by atoms with Crippen molar-refractivity contribution in [3.63, 3.8) is 0 Å². The standard InChI is InChI=1S/C21H23N5O6S3/c1-15(16-5-3-6-17(13-16)34(28,29)23-10-11-32-2)24-25-21(27)18-8-9-22-14-19(18)26-35(30,31)20-7-4-12-33-20/h3-9,12-14,23,26H,10-11H2,1-2H3,(H,25,27). The lowest BCUT2D eigenvalue weighted by Gasteiger charge is -2.11. The van der Waals surface area contributed by atoms with Crippen molar-refractivity contribution in [2.24, 2.45) is 5.10 Å². The molecule has 0 aliphatic carbocycles. The second kappa shape index (κ2) is 11.5. The third-order valence-electron chi connectivity index (χ3n) is 4.56. The molecule has 11 nitrogen and oxygen atoms in total. The van der Waals surface area contributed by atoms with Crippen LogP contribution < -0.4 is 14.9 Å². The number of rotatable bonds is 11. The predicted octanol–water partition coefficient (Wildman–Crippen LogP) is 2.02. The van der Waals surface area contributed by atoms with Gasteiger partial charge in [0.2, 0.25) is 10.0 Å². The van der Waals surface area contributed by atoms with Crippen LogP contribution in [0.3, 0.4) is 0 Å². The van der Waals surface area contributed by atoms with Crippen LogP contribution in [0.25, 0.3) is 0 Å². The monoisotopic (exact) mass is 537 g/mol. The molecule has 0 unspecified atom stereocenters. The molecule has 35 heavy (non-hydrogen) atoms. The quantitative estimate of drug-likeness (QED) is 0.192. The number of carbonyl (C=O) groups excluding carboxylic acids is 1. The van der Waals surface area contributed by atoms with Crippen molar-refractivity contribution in [2.45, 2.75) is 16.0 Å². The largest absolute Gasteiger partial charge is 0.383 e. The number of nitrogens with one attached hydrogen (secondary N) is 3. The maximum atomic E-state index is 12.8. The molecule has 0 bridgehead atoms. The van der Waals surface area contributed by atoms with Gasteiger partial charge in [-0.1, -0.05) is 18.2 Å². The Morgan fingerprint density at radius 3 is 2.63 bits per heavy atom. The predicted molar refractivity (Wildman–Crippen MR) is 133 cm³/mol. The van der Waals surface area contributed by atoms with Crippen molar-refractivity contribution in [2.75, 3.05) is 25.0 Å². The number of aromatic nitrogens is 1. The summed E-state index contributed by atoms with van der Waals surface area (Å²) in [4.78, 5) is 16.7. The number of amides is 1. The molecular weight excluding hydrogens is 514 g/mol. The van der Waals surface area contributed by atoms with Crippen molar-refractivity contribution in [1.82, 2.24) is 15.1 Å². The molecule has 0 saturated carbocycles. The Morgan fingerprint density at radius 1 is 1.11 bits per heavy atom. The molecule has 1 amide bonds. The van der Waals surface area contributed by atoms with Crippen molar-refractivity contribution >= 4 is 48.7 Å². The van der Waals surface area contributed by atoms with E-state index in [1.54, 1.807) is 30.5 Å². The minimum atomic E-state index is -3.89. The number of sulfonamides is 2. The number of hydrogen-bond acceptors (Lipinski definition) is 9. The van der Waals surface area contributed by atoms with Crippen LogP contribution in [0.2, 0.25) is 0 Å². The first kappa shape index (κ1) is 26.4. The first-order valence-electron chi connectivity index (χ1n) is 10.1. The second-order valence-corrected chi connectivity index (χ2v) is 11.6. The number of nitrogens with zero attached hydrogens (tertiary/aromatic N) is 2. The summed E-state index contributed by atoms with van der Waals surface area (Å²) in [6, 6.07) is 10.5. The van der Waals surface area contributed by atoms with E-state index < -0.39 is 26.0 Å². The zero-order valence-electron chi connectivity index (χ0n) is 18.8. The molecular formula is C21H23N5O6S3. The fourth-order valence-electron chi connectivity index (χ4n) is 2.79. The molecule has 0 fully saturated rings. The van der Waals surface area contributed by atoms with Crippen molar-refractivity contribution in [3.8, 4) is 0 Å². The maximum absolute atomic E-state index is 12.8. The highest BCUT2D eigenvalue weighted by Gasteiger charge is 2.20. The summed E-state index contributed by atoms with van der Waals surface area (Å²) < 4.78 is 59.7. The highest BCUT2D eigenvalue weighted by molar-refractivity contribution is 7.94. The van der Waals surface area contributed by atoms with Gasteiger partial charge in [-0.25, -0.2) is 27.0 Å². The van der Waals surface area contributed by atoms with E-state index in [-0.39, 0.29) is 33.5 Å². The van der Waals surface area contributed by atoms with Gasteiger partial charge in [-0.2, -0.15) is 5.10 Å². The van der Waals surface area contributed by atoms with E-state index in [0.717, 1.165) is 11.3 Å². The van der Waals surface area contributed by atoms with Crippen LogP contribution in [0.5, 0.6) is 0 Å². The van der Waals surface area contributed by atoms with Crippen LogP contribution in [0, 0.1) is 0 Å². The van der Waals surface area contributed by atoms with Crippen LogP contribution in [-0.4, -0.2) is 53.7 Å². The normalized spacial score (nSPS) is 12.3. The SMILES string of the molecule is COCCNS(=O)(=O)c1cccc(C(C)=NNC(=O)c2ccncc2NS(=O)(=O)c2cccs2)c1. The van der Waals surface area contributed by atoms with Crippen LogP contribution in [0.15, 0.2) is 74.4 Å². The lowest BCUT2D eigenvalue weighted by molar-refractivity contribution is 0.0955. The highest BCUT2D eigenvalue weighted by Crippen LogP contribution is 2.22. The Bertz CT molecular complexity index is 1420. The summed E-state index contributed by atoms with van der Waals surface area (Å²) in [5, 5.41) is 5.67. The highest BCUT2D eigenvalue weighted by atomic mass is 32.2. The maximum Gasteiger partial charge on any atom is 0.273 e. The second-order valence-electron chi connectivity index (χ2n) is 7.02. The molecule has 14 heteroatoms. The van der Waals surface area contributed by atoms with Gasteiger partial charge in [-0.05, 0) is 42.1 Å². The lowest BCUT2D eigenvalue weighted by atomic mass is 10.1. The summed E-state index contributed by atoms with van der Waals surface area (Å²) in [5.74, 6) is -0.680. The van der Waals surface area contributed by atoms with Gasteiger partial charge < -0.3 is 4.74 Å². The van der Waals surface area contributed by atoms with Crippen LogP contribution in [0.1, 0.15) is 22.8 Å². The van der Waals surface area contributed by atoms with Gasteiger partial charge in [0.15, 0.2) is 0 Å². The zero-order chi connectivity index (χ0) is 25.5. The molecule has 1 aromatic carbocycles. The number of anilines is 1. The minimum absolute atomic E-state index is 0.00959. The van der Waals surface area contributed by atoms with Crippen LogP contribution in [0.4, 0.5) is 5.69 Å². The van der Waals surface area contributed by atoms with E-state index in [1.165, 1.54) is 43.8 Å². The smallest absolute Gasteiger partial charge is 0.273 e. The molecule has 0 aliphatic heterocycles. The number of methoxy groups -OCH3 is 1. The van der Waals surface area contributed by atoms with Gasteiger partial charge in [0.05, 0.1) is 34.7 Å². The van der Waals surface area contributed by atoms with E-state index in [0.29, 0.717) is 11.3 Å². The van der Waals surface area contributed by atoms with E-state index in [1.807, 2.05) is 0 Å². The van der Waals surface area contributed by atoms with Crippen molar-refractivity contribution in [3.05, 3.63) is 71.4 Å². The van der Waals surface area contributed by atoms with Gasteiger partial charge in [-0.3, -0.25) is 14.5 Å². The van der Waals surface area contributed by atoms with Gasteiger partial charge >= 0.3 is 0 Å². The zero-order valence-corrected chi connectivity index (χ0v) is 21.2. The third kappa shape index (κ3) is 6.93. The van der Waals surface area contributed by atoms with E-state index in [4.69, 9.17) is 4.74 Å². The molecule has 0 spiro atoms. The molecule has 3 rings (SSSR count).